The Kier molecular flexibility index (Phi) is 2.80. The molecule has 0 atom stereocenters. The first-order chi connectivity index (χ1) is 9.67. The summed E-state index contributed by atoms with van der Waals surface area (Å²) in [6.07, 6.45) is 8.46. The number of rotatable bonds is 3. The number of hydrogen-bond acceptors (Lipinski definition) is 3. The summed E-state index contributed by atoms with van der Waals surface area (Å²) in [5.41, 5.74) is 1.42. The molecule has 5 rings (SSSR count). The molecule has 4 saturated carbocycles. The third kappa shape index (κ3) is 1.94. The Morgan fingerprint density at radius 3 is 2.25 bits per heavy atom. The van der Waals surface area contributed by atoms with E-state index >= 15 is 0 Å². The predicted octanol–water partition coefficient (Wildman–Crippen LogP) is 3.68. The summed E-state index contributed by atoms with van der Waals surface area (Å²) in [7, 11) is 0. The Hall–Kier alpha value is -1.12. The Balaban J connectivity index is 1.73. The van der Waals surface area contributed by atoms with Gasteiger partial charge in [-0.05, 0) is 70.1 Å². The molecule has 0 spiro atoms. The van der Waals surface area contributed by atoms with Gasteiger partial charge in [-0.3, -0.25) is 0 Å². The van der Waals surface area contributed by atoms with Crippen molar-refractivity contribution in [3.63, 3.8) is 0 Å². The molecule has 1 N–H and O–H groups in total. The highest BCUT2D eigenvalue weighted by molar-refractivity contribution is 5.37. The Morgan fingerprint density at radius 1 is 1.10 bits per heavy atom. The second kappa shape index (κ2) is 4.44. The van der Waals surface area contributed by atoms with E-state index < -0.39 is 0 Å². The quantitative estimate of drug-likeness (QED) is 0.911. The van der Waals surface area contributed by atoms with Gasteiger partial charge in [-0.1, -0.05) is 0 Å². The van der Waals surface area contributed by atoms with Crippen molar-refractivity contribution in [3.05, 3.63) is 17.6 Å². The zero-order chi connectivity index (χ0) is 13.7. The average Bonchev–Trinajstić information content (AvgIpc) is 2.36. The number of aromatic nitrogens is 2. The molecule has 1 aromatic rings. The minimum absolute atomic E-state index is 0.310. The van der Waals surface area contributed by atoms with Crippen molar-refractivity contribution in [2.45, 2.75) is 57.8 Å². The van der Waals surface area contributed by atoms with Crippen molar-refractivity contribution in [2.24, 2.45) is 17.8 Å². The largest absolute Gasteiger partial charge is 0.370 e. The summed E-state index contributed by atoms with van der Waals surface area (Å²) in [5, 5.41) is 3.37. The molecular weight excluding hydrogens is 246 g/mol. The lowest BCUT2D eigenvalue weighted by molar-refractivity contribution is -0.00940. The highest BCUT2D eigenvalue weighted by Crippen LogP contribution is 2.60. The van der Waals surface area contributed by atoms with Crippen LogP contribution in [0.2, 0.25) is 0 Å². The molecular formula is C17H25N3. The van der Waals surface area contributed by atoms with Crippen LogP contribution in [0.1, 0.15) is 57.0 Å². The molecule has 0 aliphatic heterocycles. The molecule has 3 heteroatoms. The lowest BCUT2D eigenvalue weighted by Gasteiger charge is -2.56. The van der Waals surface area contributed by atoms with Crippen LogP contribution in [0.4, 0.5) is 5.82 Å². The molecule has 1 aromatic heterocycles. The van der Waals surface area contributed by atoms with Crippen molar-refractivity contribution in [1.29, 1.82) is 0 Å². The van der Waals surface area contributed by atoms with Gasteiger partial charge in [0.25, 0.3) is 0 Å². The Bertz CT molecular complexity index is 488. The normalized spacial score (nSPS) is 38.2. The first kappa shape index (κ1) is 12.6. The van der Waals surface area contributed by atoms with Crippen LogP contribution in [-0.2, 0) is 5.41 Å². The molecule has 0 amide bonds. The summed E-state index contributed by atoms with van der Waals surface area (Å²) in [6, 6.07) is 2.08. The first-order valence-corrected chi connectivity index (χ1v) is 8.27. The predicted molar refractivity (Wildman–Crippen MR) is 80.8 cm³/mol. The third-order valence-electron chi connectivity index (χ3n) is 5.72. The molecule has 4 bridgehead atoms. The van der Waals surface area contributed by atoms with Gasteiger partial charge in [-0.15, -0.1) is 0 Å². The molecule has 3 nitrogen and oxygen atoms in total. The van der Waals surface area contributed by atoms with Crippen LogP contribution in [-0.4, -0.2) is 16.5 Å². The fourth-order valence-corrected chi connectivity index (χ4v) is 5.46. The topological polar surface area (TPSA) is 37.8 Å². The van der Waals surface area contributed by atoms with E-state index in [2.05, 4.69) is 25.2 Å². The first-order valence-electron chi connectivity index (χ1n) is 8.27. The summed E-state index contributed by atoms with van der Waals surface area (Å²) >= 11 is 0. The third-order valence-corrected chi connectivity index (χ3v) is 5.72. The van der Waals surface area contributed by atoms with Crippen LogP contribution in [0.5, 0.6) is 0 Å². The van der Waals surface area contributed by atoms with Gasteiger partial charge in [0.05, 0.1) is 0 Å². The molecule has 0 aromatic carbocycles. The number of aryl methyl sites for hydroxylation is 1. The smallest absolute Gasteiger partial charge is 0.137 e. The van der Waals surface area contributed by atoms with Crippen LogP contribution in [0.3, 0.4) is 0 Å². The second-order valence-corrected chi connectivity index (χ2v) is 7.45. The standard InChI is InChI=1S/C17H25N3/c1-3-18-15-4-11(2)19-16(20-15)17-8-12-5-13(9-17)7-14(6-12)10-17/h4,12-14H,3,5-10H2,1-2H3,(H,18,19,20). The fourth-order valence-electron chi connectivity index (χ4n) is 5.46. The fraction of sp³-hybridized carbons (Fsp3) is 0.765. The maximum absolute atomic E-state index is 4.89. The van der Waals surface area contributed by atoms with Crippen LogP contribution >= 0.6 is 0 Å². The van der Waals surface area contributed by atoms with Crippen molar-refractivity contribution in [1.82, 2.24) is 9.97 Å². The van der Waals surface area contributed by atoms with E-state index in [1.807, 2.05) is 0 Å². The molecule has 4 aliphatic rings. The number of hydrogen-bond donors (Lipinski definition) is 1. The summed E-state index contributed by atoms with van der Waals surface area (Å²) in [4.78, 5) is 9.75. The zero-order valence-electron chi connectivity index (χ0n) is 12.7. The van der Waals surface area contributed by atoms with E-state index in [1.165, 1.54) is 38.5 Å². The highest BCUT2D eigenvalue weighted by atomic mass is 15.0. The average molecular weight is 271 g/mol. The van der Waals surface area contributed by atoms with Gasteiger partial charge in [-0.2, -0.15) is 0 Å². The van der Waals surface area contributed by atoms with Crippen molar-refractivity contribution < 1.29 is 0 Å². The van der Waals surface area contributed by atoms with Gasteiger partial charge in [0.2, 0.25) is 0 Å². The number of anilines is 1. The van der Waals surface area contributed by atoms with E-state index in [1.54, 1.807) is 0 Å². The van der Waals surface area contributed by atoms with Crippen molar-refractivity contribution in [3.8, 4) is 0 Å². The van der Waals surface area contributed by atoms with E-state index in [0.717, 1.165) is 41.6 Å². The van der Waals surface area contributed by atoms with E-state index in [0.29, 0.717) is 5.41 Å². The van der Waals surface area contributed by atoms with Crippen LogP contribution in [0, 0.1) is 24.7 Å². The zero-order valence-corrected chi connectivity index (χ0v) is 12.7. The number of nitrogens with zero attached hydrogens (tertiary/aromatic N) is 2. The molecule has 108 valence electrons. The highest BCUT2D eigenvalue weighted by Gasteiger charge is 2.53. The SMILES string of the molecule is CCNc1cc(C)nc(C23CC4CC(CC(C4)C2)C3)n1. The van der Waals surface area contributed by atoms with Gasteiger partial charge in [0.15, 0.2) is 0 Å². The van der Waals surface area contributed by atoms with E-state index in [9.17, 15) is 0 Å². The van der Waals surface area contributed by atoms with Crippen molar-refractivity contribution >= 4 is 5.82 Å². The molecule has 0 unspecified atom stereocenters. The second-order valence-electron chi connectivity index (χ2n) is 7.45. The molecule has 4 aliphatic carbocycles. The van der Waals surface area contributed by atoms with Crippen LogP contribution in [0.25, 0.3) is 0 Å². The number of nitrogens with one attached hydrogen (secondary N) is 1. The lowest BCUT2D eigenvalue weighted by atomic mass is 9.49. The van der Waals surface area contributed by atoms with E-state index in [-0.39, 0.29) is 0 Å². The molecule has 1 heterocycles. The van der Waals surface area contributed by atoms with Gasteiger partial charge in [0, 0.05) is 23.7 Å². The Labute approximate surface area is 121 Å². The minimum atomic E-state index is 0.310. The molecule has 0 saturated heterocycles. The molecule has 4 fully saturated rings. The van der Waals surface area contributed by atoms with Gasteiger partial charge in [-0.25, -0.2) is 9.97 Å². The molecule has 20 heavy (non-hydrogen) atoms. The van der Waals surface area contributed by atoms with Crippen LogP contribution in [0.15, 0.2) is 6.07 Å². The minimum Gasteiger partial charge on any atom is -0.370 e. The maximum atomic E-state index is 4.89. The van der Waals surface area contributed by atoms with Crippen LogP contribution < -0.4 is 5.32 Å². The Morgan fingerprint density at radius 2 is 1.70 bits per heavy atom. The van der Waals surface area contributed by atoms with Gasteiger partial charge >= 0.3 is 0 Å². The summed E-state index contributed by atoms with van der Waals surface area (Å²) in [6.45, 7) is 5.16. The van der Waals surface area contributed by atoms with Gasteiger partial charge < -0.3 is 5.32 Å². The molecule has 0 radical (unpaired) electrons. The van der Waals surface area contributed by atoms with E-state index in [4.69, 9.17) is 9.97 Å². The maximum Gasteiger partial charge on any atom is 0.137 e. The lowest BCUT2D eigenvalue weighted by Crippen LogP contribution is -2.49. The van der Waals surface area contributed by atoms with Crippen molar-refractivity contribution in [2.75, 3.05) is 11.9 Å². The monoisotopic (exact) mass is 271 g/mol. The summed E-state index contributed by atoms with van der Waals surface area (Å²) < 4.78 is 0. The van der Waals surface area contributed by atoms with Gasteiger partial charge in [0.1, 0.15) is 11.6 Å². The summed E-state index contributed by atoms with van der Waals surface area (Å²) in [5.74, 6) is 5.02.